The Morgan fingerprint density at radius 2 is 1.78 bits per heavy atom. The molecule has 7 heteroatoms. The molecule has 0 aliphatic rings. The van der Waals surface area contributed by atoms with Crippen LogP contribution in [-0.2, 0) is 13.2 Å². The van der Waals surface area contributed by atoms with Gasteiger partial charge in [0.05, 0.1) is 7.11 Å². The van der Waals surface area contributed by atoms with Gasteiger partial charge in [0.1, 0.15) is 23.1 Å². The number of benzene rings is 3. The quantitative estimate of drug-likeness (QED) is 0.389. The fourth-order valence-corrected chi connectivity index (χ4v) is 3.84. The highest BCUT2D eigenvalue weighted by Crippen LogP contribution is 2.34. The van der Waals surface area contributed by atoms with Crippen LogP contribution in [0.1, 0.15) is 21.6 Å². The monoisotopic (exact) mass is 448 g/mol. The summed E-state index contributed by atoms with van der Waals surface area (Å²) in [4.78, 5) is 16.9. The van der Waals surface area contributed by atoms with E-state index in [2.05, 4.69) is 10.3 Å². The minimum Gasteiger partial charge on any atom is -0.493 e. The maximum atomic E-state index is 13.1. The van der Waals surface area contributed by atoms with Crippen LogP contribution >= 0.6 is 11.3 Å². The first kappa shape index (κ1) is 21.5. The van der Waals surface area contributed by atoms with Gasteiger partial charge in [-0.05, 0) is 41.5 Å². The first-order valence-electron chi connectivity index (χ1n) is 9.95. The molecule has 3 aromatic carbocycles. The van der Waals surface area contributed by atoms with E-state index >= 15 is 0 Å². The Hall–Kier alpha value is -3.71. The minimum absolute atomic E-state index is 0.220. The average Bonchev–Trinajstić information content (AvgIpc) is 3.33. The zero-order chi connectivity index (χ0) is 22.3. The molecule has 0 saturated carbocycles. The van der Waals surface area contributed by atoms with E-state index in [9.17, 15) is 9.18 Å². The van der Waals surface area contributed by atoms with Crippen molar-refractivity contribution in [3.63, 3.8) is 0 Å². The largest absolute Gasteiger partial charge is 0.493 e. The van der Waals surface area contributed by atoms with E-state index in [-0.39, 0.29) is 11.7 Å². The Bertz CT molecular complexity index is 1190. The molecule has 0 spiro atoms. The van der Waals surface area contributed by atoms with Gasteiger partial charge < -0.3 is 14.8 Å². The molecule has 0 atom stereocenters. The SMILES string of the molecule is COc1cc(-c2nc(C(=O)NCc3ccccc3)cs2)ccc1OCc1ccc(F)cc1. The van der Waals surface area contributed by atoms with Crippen molar-refractivity contribution in [3.05, 3.63) is 101 Å². The summed E-state index contributed by atoms with van der Waals surface area (Å²) in [6.45, 7) is 0.736. The zero-order valence-electron chi connectivity index (χ0n) is 17.4. The standard InChI is InChI=1S/C25H21FN2O3S/c1-30-23-13-19(9-12-22(23)31-15-18-7-10-20(26)11-8-18)25-28-21(16-32-25)24(29)27-14-17-5-3-2-4-6-17/h2-13,16H,14-15H2,1H3,(H,27,29). The fourth-order valence-electron chi connectivity index (χ4n) is 3.04. The average molecular weight is 449 g/mol. The van der Waals surface area contributed by atoms with E-state index in [1.807, 2.05) is 42.5 Å². The van der Waals surface area contributed by atoms with Gasteiger partial charge in [-0.25, -0.2) is 9.37 Å². The van der Waals surface area contributed by atoms with E-state index in [4.69, 9.17) is 9.47 Å². The summed E-state index contributed by atoms with van der Waals surface area (Å²) in [6.07, 6.45) is 0. The number of aromatic nitrogens is 1. The summed E-state index contributed by atoms with van der Waals surface area (Å²) in [5.41, 5.74) is 3.07. The Balaban J connectivity index is 1.42. The molecule has 0 fully saturated rings. The van der Waals surface area contributed by atoms with E-state index in [0.717, 1.165) is 16.7 Å². The van der Waals surface area contributed by atoms with Crippen molar-refractivity contribution in [2.24, 2.45) is 0 Å². The highest BCUT2D eigenvalue weighted by molar-refractivity contribution is 7.13. The number of rotatable bonds is 8. The van der Waals surface area contributed by atoms with Crippen LogP contribution in [0.2, 0.25) is 0 Å². The molecule has 0 aliphatic heterocycles. The van der Waals surface area contributed by atoms with Crippen molar-refractivity contribution in [2.75, 3.05) is 7.11 Å². The molecule has 1 heterocycles. The number of halogens is 1. The molecular weight excluding hydrogens is 427 g/mol. The number of ether oxygens (including phenoxy) is 2. The summed E-state index contributed by atoms with van der Waals surface area (Å²) in [7, 11) is 1.56. The van der Waals surface area contributed by atoms with Crippen LogP contribution in [-0.4, -0.2) is 18.0 Å². The van der Waals surface area contributed by atoms with E-state index in [1.54, 1.807) is 30.7 Å². The number of amides is 1. The van der Waals surface area contributed by atoms with Gasteiger partial charge in [0.25, 0.3) is 5.91 Å². The maximum Gasteiger partial charge on any atom is 0.271 e. The first-order chi connectivity index (χ1) is 15.6. The van der Waals surface area contributed by atoms with Crippen LogP contribution in [0.5, 0.6) is 11.5 Å². The maximum absolute atomic E-state index is 13.1. The number of carbonyl (C=O) groups is 1. The van der Waals surface area contributed by atoms with Gasteiger partial charge in [0, 0.05) is 17.5 Å². The van der Waals surface area contributed by atoms with Crippen LogP contribution < -0.4 is 14.8 Å². The van der Waals surface area contributed by atoms with E-state index in [0.29, 0.717) is 35.4 Å². The summed E-state index contributed by atoms with van der Waals surface area (Å²) >= 11 is 1.39. The lowest BCUT2D eigenvalue weighted by Gasteiger charge is -2.12. The lowest BCUT2D eigenvalue weighted by molar-refractivity contribution is 0.0946. The Kier molecular flexibility index (Phi) is 6.77. The van der Waals surface area contributed by atoms with Crippen molar-refractivity contribution >= 4 is 17.2 Å². The van der Waals surface area contributed by atoms with Crippen LogP contribution in [0.25, 0.3) is 10.6 Å². The molecule has 1 amide bonds. The van der Waals surface area contributed by atoms with Gasteiger partial charge >= 0.3 is 0 Å². The van der Waals surface area contributed by atoms with Crippen LogP contribution in [0.15, 0.2) is 78.2 Å². The first-order valence-corrected chi connectivity index (χ1v) is 10.8. The lowest BCUT2D eigenvalue weighted by atomic mass is 10.2. The van der Waals surface area contributed by atoms with Crippen LogP contribution in [0.3, 0.4) is 0 Å². The van der Waals surface area contributed by atoms with Gasteiger partial charge in [0.2, 0.25) is 0 Å². The van der Waals surface area contributed by atoms with Gasteiger partial charge in [-0.3, -0.25) is 4.79 Å². The van der Waals surface area contributed by atoms with Crippen LogP contribution in [0.4, 0.5) is 4.39 Å². The predicted molar refractivity (Wildman–Crippen MR) is 122 cm³/mol. The molecule has 32 heavy (non-hydrogen) atoms. The predicted octanol–water partition coefficient (Wildman–Crippen LogP) is 5.47. The summed E-state index contributed by atoms with van der Waals surface area (Å²) in [6, 6.07) is 21.4. The molecule has 1 N–H and O–H groups in total. The molecular formula is C25H21FN2O3S. The minimum atomic E-state index is -0.285. The van der Waals surface area contributed by atoms with E-state index < -0.39 is 0 Å². The number of hydrogen-bond acceptors (Lipinski definition) is 5. The second kappa shape index (κ2) is 10.1. The number of carbonyl (C=O) groups excluding carboxylic acids is 1. The lowest BCUT2D eigenvalue weighted by Crippen LogP contribution is -2.23. The molecule has 1 aromatic heterocycles. The molecule has 0 bridgehead atoms. The third kappa shape index (κ3) is 5.31. The summed E-state index contributed by atoms with van der Waals surface area (Å²) in [5.74, 6) is 0.614. The molecule has 162 valence electrons. The normalized spacial score (nSPS) is 10.6. The van der Waals surface area contributed by atoms with Gasteiger partial charge in [-0.2, -0.15) is 0 Å². The number of nitrogens with one attached hydrogen (secondary N) is 1. The van der Waals surface area contributed by atoms with E-state index in [1.165, 1.54) is 23.5 Å². The number of methoxy groups -OCH3 is 1. The smallest absolute Gasteiger partial charge is 0.271 e. The summed E-state index contributed by atoms with van der Waals surface area (Å²) < 4.78 is 24.4. The highest BCUT2D eigenvalue weighted by atomic mass is 32.1. The van der Waals surface area contributed by atoms with Crippen LogP contribution in [0, 0.1) is 5.82 Å². The third-order valence-corrected chi connectivity index (χ3v) is 5.64. The molecule has 4 aromatic rings. The number of hydrogen-bond donors (Lipinski definition) is 1. The van der Waals surface area contributed by atoms with Gasteiger partial charge in [-0.1, -0.05) is 42.5 Å². The Morgan fingerprint density at radius 3 is 2.53 bits per heavy atom. The number of nitrogens with zero attached hydrogens (tertiary/aromatic N) is 1. The molecule has 0 saturated heterocycles. The summed E-state index contributed by atoms with van der Waals surface area (Å²) in [5, 5.41) is 5.33. The van der Waals surface area contributed by atoms with Crippen molar-refractivity contribution in [3.8, 4) is 22.1 Å². The number of thiazole rings is 1. The second-order valence-electron chi connectivity index (χ2n) is 6.99. The molecule has 4 rings (SSSR count). The van der Waals surface area contributed by atoms with Gasteiger partial charge in [0.15, 0.2) is 11.5 Å². The Morgan fingerprint density at radius 1 is 1.00 bits per heavy atom. The van der Waals surface area contributed by atoms with Crippen molar-refractivity contribution in [2.45, 2.75) is 13.2 Å². The van der Waals surface area contributed by atoms with Crippen molar-refractivity contribution in [1.82, 2.24) is 10.3 Å². The topological polar surface area (TPSA) is 60.5 Å². The Labute approximate surface area is 189 Å². The highest BCUT2D eigenvalue weighted by Gasteiger charge is 2.14. The molecule has 0 unspecified atom stereocenters. The second-order valence-corrected chi connectivity index (χ2v) is 7.85. The van der Waals surface area contributed by atoms with Gasteiger partial charge in [-0.15, -0.1) is 11.3 Å². The molecule has 5 nitrogen and oxygen atoms in total. The molecule has 0 aliphatic carbocycles. The zero-order valence-corrected chi connectivity index (χ0v) is 18.2. The molecule has 0 radical (unpaired) electrons. The fraction of sp³-hybridized carbons (Fsp3) is 0.120. The van der Waals surface area contributed by atoms with Crippen molar-refractivity contribution in [1.29, 1.82) is 0 Å². The third-order valence-electron chi connectivity index (χ3n) is 4.75. The van der Waals surface area contributed by atoms with Crippen molar-refractivity contribution < 1.29 is 18.7 Å².